The third-order valence-corrected chi connectivity index (χ3v) is 6.10. The van der Waals surface area contributed by atoms with E-state index in [1.807, 2.05) is 32.0 Å². The first kappa shape index (κ1) is 16.8. The van der Waals surface area contributed by atoms with Crippen molar-refractivity contribution < 1.29 is 14.7 Å². The normalized spacial score (nSPS) is 22.6. The summed E-state index contributed by atoms with van der Waals surface area (Å²) in [5.74, 6) is -1.68. The standard InChI is InChI=1S/C22H23NO3/c1-21(2)18(20(25)26)16-10-6-7-11-17(16)19(24)23(21)14-22(12-13-22)15-8-4-3-5-9-15/h3-11,18H,12-14H2,1-2H3,(H,25,26). The molecule has 26 heavy (non-hydrogen) atoms. The summed E-state index contributed by atoms with van der Waals surface area (Å²) in [4.78, 5) is 27.2. The Morgan fingerprint density at radius 2 is 1.69 bits per heavy atom. The Morgan fingerprint density at radius 1 is 1.08 bits per heavy atom. The highest BCUT2D eigenvalue weighted by molar-refractivity contribution is 6.01. The lowest BCUT2D eigenvalue weighted by molar-refractivity contribution is -0.142. The molecule has 4 heteroatoms. The second-order valence-corrected chi connectivity index (χ2v) is 8.05. The van der Waals surface area contributed by atoms with E-state index in [2.05, 4.69) is 12.1 Å². The van der Waals surface area contributed by atoms with Gasteiger partial charge in [0.15, 0.2) is 0 Å². The molecule has 0 aromatic heterocycles. The maximum atomic E-state index is 13.3. The minimum Gasteiger partial charge on any atom is -0.481 e. The zero-order valence-corrected chi connectivity index (χ0v) is 15.1. The van der Waals surface area contributed by atoms with Gasteiger partial charge in [-0.3, -0.25) is 9.59 Å². The van der Waals surface area contributed by atoms with Crippen molar-refractivity contribution in [1.82, 2.24) is 4.90 Å². The lowest BCUT2D eigenvalue weighted by atomic mass is 9.74. The lowest BCUT2D eigenvalue weighted by Gasteiger charge is -2.48. The molecule has 0 radical (unpaired) electrons. The molecule has 0 saturated heterocycles. The molecule has 2 aromatic rings. The highest BCUT2D eigenvalue weighted by atomic mass is 16.4. The second kappa shape index (κ2) is 5.70. The van der Waals surface area contributed by atoms with Gasteiger partial charge in [0.1, 0.15) is 5.92 Å². The van der Waals surface area contributed by atoms with Crippen LogP contribution in [0, 0.1) is 0 Å². The number of hydrogen-bond donors (Lipinski definition) is 1. The predicted octanol–water partition coefficient (Wildman–Crippen LogP) is 3.82. The van der Waals surface area contributed by atoms with Crippen molar-refractivity contribution in [2.75, 3.05) is 6.54 Å². The highest BCUT2D eigenvalue weighted by Gasteiger charge is 2.54. The zero-order valence-electron chi connectivity index (χ0n) is 15.1. The van der Waals surface area contributed by atoms with Crippen LogP contribution in [0.3, 0.4) is 0 Å². The summed E-state index contributed by atoms with van der Waals surface area (Å²) in [7, 11) is 0. The smallest absolute Gasteiger partial charge is 0.313 e. The minimum absolute atomic E-state index is 0.0521. The van der Waals surface area contributed by atoms with Crippen LogP contribution in [0.1, 0.15) is 54.1 Å². The van der Waals surface area contributed by atoms with Gasteiger partial charge in [-0.15, -0.1) is 0 Å². The fourth-order valence-electron chi connectivity index (χ4n) is 4.38. The molecule has 1 fully saturated rings. The number of benzene rings is 2. The van der Waals surface area contributed by atoms with Crippen LogP contribution in [0.5, 0.6) is 0 Å². The Hall–Kier alpha value is -2.62. The number of carboxylic acids is 1. The quantitative estimate of drug-likeness (QED) is 0.913. The number of rotatable bonds is 4. The molecule has 1 aliphatic carbocycles. The molecule has 1 unspecified atom stereocenters. The number of nitrogens with zero attached hydrogens (tertiary/aromatic N) is 1. The molecule has 0 bridgehead atoms. The largest absolute Gasteiger partial charge is 0.481 e. The van der Waals surface area contributed by atoms with E-state index in [0.29, 0.717) is 17.7 Å². The average molecular weight is 349 g/mol. The van der Waals surface area contributed by atoms with E-state index in [9.17, 15) is 14.7 Å². The topological polar surface area (TPSA) is 57.6 Å². The van der Waals surface area contributed by atoms with Crippen LogP contribution in [0.15, 0.2) is 54.6 Å². The van der Waals surface area contributed by atoms with Crippen molar-refractivity contribution in [2.45, 2.75) is 43.6 Å². The number of amides is 1. The van der Waals surface area contributed by atoms with E-state index in [1.54, 1.807) is 29.2 Å². The molecule has 1 saturated carbocycles. The van der Waals surface area contributed by atoms with Gasteiger partial charge in [0.25, 0.3) is 5.91 Å². The summed E-state index contributed by atoms with van der Waals surface area (Å²) in [5.41, 5.74) is 1.53. The monoisotopic (exact) mass is 349 g/mol. The molecule has 1 heterocycles. The average Bonchev–Trinajstić information content (AvgIpc) is 3.40. The maximum absolute atomic E-state index is 13.3. The van der Waals surface area contributed by atoms with Crippen LogP contribution < -0.4 is 0 Å². The molecule has 0 spiro atoms. The molecule has 1 aliphatic heterocycles. The first-order valence-electron chi connectivity index (χ1n) is 9.06. The molecule has 134 valence electrons. The maximum Gasteiger partial charge on any atom is 0.313 e. The Balaban J connectivity index is 1.77. The Kier molecular flexibility index (Phi) is 3.69. The van der Waals surface area contributed by atoms with Gasteiger partial charge in [0, 0.05) is 17.5 Å². The SMILES string of the molecule is CC1(C)C(C(=O)O)c2ccccc2C(=O)N1CC1(c2ccccc2)CC1. The van der Waals surface area contributed by atoms with Gasteiger partial charge in [0.05, 0.1) is 5.54 Å². The van der Waals surface area contributed by atoms with Crippen molar-refractivity contribution in [3.05, 3.63) is 71.3 Å². The second-order valence-electron chi connectivity index (χ2n) is 8.05. The summed E-state index contributed by atoms with van der Waals surface area (Å²) < 4.78 is 0. The van der Waals surface area contributed by atoms with Gasteiger partial charge in [-0.2, -0.15) is 0 Å². The fourth-order valence-corrected chi connectivity index (χ4v) is 4.38. The van der Waals surface area contributed by atoms with Crippen LogP contribution in [-0.4, -0.2) is 34.0 Å². The van der Waals surface area contributed by atoms with Gasteiger partial charge < -0.3 is 10.0 Å². The molecular formula is C22H23NO3. The number of carbonyl (C=O) groups excluding carboxylic acids is 1. The molecule has 1 amide bonds. The van der Waals surface area contributed by atoms with Gasteiger partial charge in [0.2, 0.25) is 0 Å². The minimum atomic E-state index is -0.885. The van der Waals surface area contributed by atoms with Crippen molar-refractivity contribution in [1.29, 1.82) is 0 Å². The van der Waals surface area contributed by atoms with Crippen molar-refractivity contribution in [3.8, 4) is 0 Å². The third kappa shape index (κ3) is 2.44. The Bertz CT molecular complexity index is 868. The highest BCUT2D eigenvalue weighted by Crippen LogP contribution is 2.51. The van der Waals surface area contributed by atoms with E-state index >= 15 is 0 Å². The lowest BCUT2D eigenvalue weighted by Crippen LogP contribution is -2.59. The molecule has 2 aliphatic rings. The van der Waals surface area contributed by atoms with Gasteiger partial charge in [-0.25, -0.2) is 0 Å². The summed E-state index contributed by atoms with van der Waals surface area (Å²) in [6.45, 7) is 4.31. The van der Waals surface area contributed by atoms with E-state index in [1.165, 1.54) is 5.56 Å². The van der Waals surface area contributed by atoms with Crippen LogP contribution in [0.4, 0.5) is 0 Å². The summed E-state index contributed by atoms with van der Waals surface area (Å²) in [6.07, 6.45) is 2.05. The summed E-state index contributed by atoms with van der Waals surface area (Å²) in [5, 5.41) is 9.92. The summed E-state index contributed by atoms with van der Waals surface area (Å²) in [6, 6.07) is 17.4. The Morgan fingerprint density at radius 3 is 2.31 bits per heavy atom. The van der Waals surface area contributed by atoms with E-state index < -0.39 is 17.4 Å². The number of carboxylic acid groups (broad SMARTS) is 1. The molecule has 4 rings (SSSR count). The third-order valence-electron chi connectivity index (χ3n) is 6.10. The molecule has 1 N–H and O–H groups in total. The van der Waals surface area contributed by atoms with E-state index in [0.717, 1.165) is 12.8 Å². The van der Waals surface area contributed by atoms with E-state index in [4.69, 9.17) is 0 Å². The van der Waals surface area contributed by atoms with Crippen molar-refractivity contribution >= 4 is 11.9 Å². The van der Waals surface area contributed by atoms with Crippen LogP contribution in [0.2, 0.25) is 0 Å². The number of carbonyl (C=O) groups is 2. The number of fused-ring (bicyclic) bond motifs is 1. The first-order chi connectivity index (χ1) is 12.4. The van der Waals surface area contributed by atoms with Gasteiger partial charge >= 0.3 is 5.97 Å². The van der Waals surface area contributed by atoms with Crippen LogP contribution in [0.25, 0.3) is 0 Å². The van der Waals surface area contributed by atoms with Crippen LogP contribution >= 0.6 is 0 Å². The van der Waals surface area contributed by atoms with Gasteiger partial charge in [-0.1, -0.05) is 48.5 Å². The van der Waals surface area contributed by atoms with E-state index in [-0.39, 0.29) is 11.3 Å². The summed E-state index contributed by atoms with van der Waals surface area (Å²) >= 11 is 0. The molecular weight excluding hydrogens is 326 g/mol. The van der Waals surface area contributed by atoms with Gasteiger partial charge in [-0.05, 0) is 43.9 Å². The van der Waals surface area contributed by atoms with Crippen molar-refractivity contribution in [2.24, 2.45) is 0 Å². The van der Waals surface area contributed by atoms with Crippen molar-refractivity contribution in [3.63, 3.8) is 0 Å². The molecule has 1 atom stereocenters. The Labute approximate surface area is 153 Å². The molecule has 4 nitrogen and oxygen atoms in total. The zero-order chi connectivity index (χ0) is 18.5. The number of aliphatic carboxylic acids is 1. The molecule has 2 aromatic carbocycles. The predicted molar refractivity (Wildman–Crippen MR) is 99.3 cm³/mol. The number of hydrogen-bond acceptors (Lipinski definition) is 2. The fraction of sp³-hybridized carbons (Fsp3) is 0.364. The van der Waals surface area contributed by atoms with Crippen LogP contribution in [-0.2, 0) is 10.2 Å². The first-order valence-corrected chi connectivity index (χ1v) is 9.06.